The van der Waals surface area contributed by atoms with Gasteiger partial charge in [-0.1, -0.05) is 11.6 Å². The Morgan fingerprint density at radius 3 is 3.07 bits per heavy atom. The third-order valence-electron chi connectivity index (χ3n) is 2.77. The van der Waals surface area contributed by atoms with E-state index in [0.717, 1.165) is 31.0 Å². The van der Waals surface area contributed by atoms with Gasteiger partial charge in [-0.05, 0) is 25.8 Å². The van der Waals surface area contributed by atoms with E-state index in [1.807, 2.05) is 0 Å². The highest BCUT2D eigenvalue weighted by molar-refractivity contribution is 5.46. The lowest BCUT2D eigenvalue weighted by Gasteiger charge is -2.23. The lowest BCUT2D eigenvalue weighted by atomic mass is 9.83. The van der Waals surface area contributed by atoms with Crippen molar-refractivity contribution in [2.24, 2.45) is 5.73 Å². The van der Waals surface area contributed by atoms with Gasteiger partial charge in [-0.25, -0.2) is 0 Å². The molecule has 2 rings (SSSR count). The molecule has 1 aliphatic carbocycles. The fraction of sp³-hybridized carbons (Fsp3) is 0.700. The summed E-state index contributed by atoms with van der Waals surface area (Å²) in [6, 6.07) is 0. The smallest absolute Gasteiger partial charge is 0.162 e. The van der Waals surface area contributed by atoms with Crippen LogP contribution in [-0.2, 0) is 0 Å². The van der Waals surface area contributed by atoms with Gasteiger partial charge >= 0.3 is 0 Å². The summed E-state index contributed by atoms with van der Waals surface area (Å²) in [5.74, 6) is 1.63. The Morgan fingerprint density at radius 2 is 2.43 bits per heavy atom. The molecule has 0 radical (unpaired) electrons. The molecule has 0 spiro atoms. The van der Waals surface area contributed by atoms with Crippen molar-refractivity contribution in [2.75, 3.05) is 18.4 Å². The largest absolute Gasteiger partial charge is 0.381 e. The highest BCUT2D eigenvalue weighted by Gasteiger charge is 2.25. The summed E-state index contributed by atoms with van der Waals surface area (Å²) in [6.07, 6.45) is 6.54. The van der Waals surface area contributed by atoms with Gasteiger partial charge in [-0.15, -0.1) is 0 Å². The van der Waals surface area contributed by atoms with Gasteiger partial charge in [0.05, 0.1) is 11.9 Å². The van der Waals surface area contributed by atoms with Crippen LogP contribution in [0.3, 0.4) is 0 Å². The van der Waals surface area contributed by atoms with Crippen molar-refractivity contribution in [3.05, 3.63) is 12.0 Å². The van der Waals surface area contributed by atoms with Crippen LogP contribution >= 0.6 is 0 Å². The number of rotatable bonds is 5. The van der Waals surface area contributed by atoms with Crippen LogP contribution in [0.15, 0.2) is 10.7 Å². The number of hydrogen-bond acceptors (Lipinski definition) is 4. The number of aromatic nitrogens is 1. The molecule has 0 atom stereocenters. The fourth-order valence-corrected chi connectivity index (χ4v) is 1.67. The van der Waals surface area contributed by atoms with E-state index < -0.39 is 0 Å². The average Bonchev–Trinajstić information content (AvgIpc) is 2.51. The normalized spacial score (nSPS) is 16.6. The molecule has 4 heteroatoms. The molecule has 0 unspecified atom stereocenters. The van der Waals surface area contributed by atoms with E-state index in [0.29, 0.717) is 5.92 Å². The van der Waals surface area contributed by atoms with Crippen molar-refractivity contribution < 1.29 is 4.52 Å². The first-order chi connectivity index (χ1) is 6.92. The van der Waals surface area contributed by atoms with Crippen molar-refractivity contribution in [3.8, 4) is 0 Å². The molecule has 0 bridgehead atoms. The van der Waals surface area contributed by atoms with Crippen molar-refractivity contribution in [2.45, 2.75) is 31.6 Å². The lowest BCUT2D eigenvalue weighted by molar-refractivity contribution is 0.301. The third kappa shape index (κ3) is 1.90. The summed E-state index contributed by atoms with van der Waals surface area (Å²) < 4.78 is 5.26. The summed E-state index contributed by atoms with van der Waals surface area (Å²) in [5, 5.41) is 7.14. The molecule has 1 saturated carbocycles. The molecule has 4 nitrogen and oxygen atoms in total. The van der Waals surface area contributed by atoms with Crippen molar-refractivity contribution in [3.63, 3.8) is 0 Å². The Kier molecular flexibility index (Phi) is 3.03. The predicted molar refractivity (Wildman–Crippen MR) is 55.3 cm³/mol. The zero-order valence-corrected chi connectivity index (χ0v) is 8.33. The van der Waals surface area contributed by atoms with Crippen molar-refractivity contribution >= 4 is 5.69 Å². The van der Waals surface area contributed by atoms with Gasteiger partial charge in [0.1, 0.15) is 0 Å². The average molecular weight is 195 g/mol. The molecule has 3 N–H and O–H groups in total. The Morgan fingerprint density at radius 1 is 1.57 bits per heavy atom. The predicted octanol–water partition coefficient (Wildman–Crippen LogP) is 1.70. The number of nitrogens with two attached hydrogens (primary N) is 1. The van der Waals surface area contributed by atoms with E-state index in [1.165, 1.54) is 19.3 Å². The molecule has 1 fully saturated rings. The first-order valence-corrected chi connectivity index (χ1v) is 5.30. The van der Waals surface area contributed by atoms with Gasteiger partial charge in [-0.3, -0.25) is 0 Å². The van der Waals surface area contributed by atoms with E-state index in [4.69, 9.17) is 10.3 Å². The second kappa shape index (κ2) is 4.46. The standard InChI is InChI=1S/C10H17N3O/c11-5-2-6-12-9-7-13-14-10(9)8-3-1-4-8/h7-8,12H,1-6,11H2. The van der Waals surface area contributed by atoms with Crippen LogP contribution in [0.1, 0.15) is 37.4 Å². The van der Waals surface area contributed by atoms with Crippen molar-refractivity contribution in [1.29, 1.82) is 0 Å². The maximum Gasteiger partial charge on any atom is 0.162 e. The van der Waals surface area contributed by atoms with Crippen LogP contribution in [0.5, 0.6) is 0 Å². The maximum atomic E-state index is 5.42. The zero-order valence-electron chi connectivity index (χ0n) is 8.33. The second-order valence-corrected chi connectivity index (χ2v) is 3.80. The molecule has 78 valence electrons. The van der Waals surface area contributed by atoms with Gasteiger partial charge < -0.3 is 15.6 Å². The highest BCUT2D eigenvalue weighted by Crippen LogP contribution is 2.39. The summed E-state index contributed by atoms with van der Waals surface area (Å²) in [5.41, 5.74) is 6.48. The zero-order chi connectivity index (χ0) is 9.80. The quantitative estimate of drug-likeness (QED) is 0.702. The van der Waals surface area contributed by atoms with Crippen LogP contribution in [-0.4, -0.2) is 18.2 Å². The second-order valence-electron chi connectivity index (χ2n) is 3.80. The number of hydrogen-bond donors (Lipinski definition) is 2. The van der Waals surface area contributed by atoms with Crippen LogP contribution in [0.25, 0.3) is 0 Å². The molecule has 1 aromatic rings. The van der Waals surface area contributed by atoms with Crippen LogP contribution in [0.4, 0.5) is 5.69 Å². The number of nitrogens with zero attached hydrogens (tertiary/aromatic N) is 1. The van der Waals surface area contributed by atoms with Crippen molar-refractivity contribution in [1.82, 2.24) is 5.16 Å². The summed E-state index contributed by atoms with van der Waals surface area (Å²) >= 11 is 0. The van der Waals surface area contributed by atoms with Gasteiger partial charge in [0, 0.05) is 12.5 Å². The Hall–Kier alpha value is -1.03. The molecule has 14 heavy (non-hydrogen) atoms. The third-order valence-corrected chi connectivity index (χ3v) is 2.77. The fourth-order valence-electron chi connectivity index (χ4n) is 1.67. The van der Waals surface area contributed by atoms with E-state index in [1.54, 1.807) is 6.20 Å². The minimum Gasteiger partial charge on any atom is -0.381 e. The first kappa shape index (κ1) is 9.52. The van der Waals surface area contributed by atoms with Gasteiger partial charge in [0.2, 0.25) is 0 Å². The lowest BCUT2D eigenvalue weighted by Crippen LogP contribution is -2.12. The minimum atomic E-state index is 0.595. The van der Waals surface area contributed by atoms with Gasteiger partial charge in [-0.2, -0.15) is 0 Å². The summed E-state index contributed by atoms with van der Waals surface area (Å²) in [4.78, 5) is 0. The van der Waals surface area contributed by atoms with Crippen LogP contribution in [0, 0.1) is 0 Å². The molecular weight excluding hydrogens is 178 g/mol. The Bertz CT molecular complexity index is 281. The summed E-state index contributed by atoms with van der Waals surface area (Å²) in [6.45, 7) is 1.62. The molecule has 0 amide bonds. The van der Waals surface area contributed by atoms with Gasteiger partial charge in [0.25, 0.3) is 0 Å². The highest BCUT2D eigenvalue weighted by atomic mass is 16.5. The molecular formula is C10H17N3O. The summed E-state index contributed by atoms with van der Waals surface area (Å²) in [7, 11) is 0. The number of nitrogens with one attached hydrogen (secondary N) is 1. The minimum absolute atomic E-state index is 0.595. The maximum absolute atomic E-state index is 5.42. The van der Waals surface area contributed by atoms with E-state index in [-0.39, 0.29) is 0 Å². The van der Waals surface area contributed by atoms with Crippen LogP contribution in [0.2, 0.25) is 0 Å². The first-order valence-electron chi connectivity index (χ1n) is 5.30. The molecule has 0 saturated heterocycles. The molecule has 1 aliphatic rings. The molecule has 1 aromatic heterocycles. The van der Waals surface area contributed by atoms with Crippen LogP contribution < -0.4 is 11.1 Å². The topological polar surface area (TPSA) is 64.1 Å². The Balaban J connectivity index is 1.91. The van der Waals surface area contributed by atoms with E-state index >= 15 is 0 Å². The van der Waals surface area contributed by atoms with E-state index in [2.05, 4.69) is 10.5 Å². The monoisotopic (exact) mass is 195 g/mol. The molecule has 0 aromatic carbocycles. The SMILES string of the molecule is NCCCNc1cnoc1C1CCC1. The van der Waals surface area contributed by atoms with E-state index in [9.17, 15) is 0 Å². The molecule has 0 aliphatic heterocycles. The van der Waals surface area contributed by atoms with Gasteiger partial charge in [0.15, 0.2) is 5.76 Å². The Labute approximate surface area is 83.8 Å². The molecule has 1 heterocycles. The number of anilines is 1.